The van der Waals surface area contributed by atoms with Gasteiger partial charge < -0.3 is 19.1 Å². The highest BCUT2D eigenvalue weighted by molar-refractivity contribution is 6.32. The maximum Gasteiger partial charge on any atom is 0.263 e. The van der Waals surface area contributed by atoms with Gasteiger partial charge in [-0.1, -0.05) is 36.7 Å². The molecular formula is C22H25ClN2O4. The Morgan fingerprint density at radius 3 is 2.62 bits per heavy atom. The summed E-state index contributed by atoms with van der Waals surface area (Å²) in [5.74, 6) is 2.18. The number of carbonyl (C=O) groups is 1. The molecule has 2 heterocycles. The van der Waals surface area contributed by atoms with Gasteiger partial charge in [-0.15, -0.1) is 0 Å². The van der Waals surface area contributed by atoms with Gasteiger partial charge in [0.05, 0.1) is 5.02 Å². The normalized spacial score (nSPS) is 17.2. The summed E-state index contributed by atoms with van der Waals surface area (Å²) >= 11 is 6.17. The van der Waals surface area contributed by atoms with Crippen molar-refractivity contribution in [2.75, 3.05) is 33.0 Å². The lowest BCUT2D eigenvalue weighted by molar-refractivity contribution is -0.140. The molecule has 7 heteroatoms. The second-order valence-corrected chi connectivity index (χ2v) is 7.64. The summed E-state index contributed by atoms with van der Waals surface area (Å²) in [5.41, 5.74) is 1.18. The van der Waals surface area contributed by atoms with Gasteiger partial charge in [0.15, 0.2) is 17.6 Å². The van der Waals surface area contributed by atoms with Crippen molar-refractivity contribution >= 4 is 17.5 Å². The van der Waals surface area contributed by atoms with Crippen LogP contribution in [0.15, 0.2) is 42.5 Å². The molecular weight excluding hydrogens is 392 g/mol. The van der Waals surface area contributed by atoms with E-state index in [-0.39, 0.29) is 12.7 Å². The van der Waals surface area contributed by atoms with Crippen LogP contribution in [0.3, 0.4) is 0 Å². The Hall–Kier alpha value is -2.44. The largest absolute Gasteiger partial charge is 0.479 e. The van der Waals surface area contributed by atoms with E-state index in [0.717, 1.165) is 31.1 Å². The minimum atomic E-state index is -0.518. The molecule has 0 saturated carbocycles. The second-order valence-electron chi connectivity index (χ2n) is 7.23. The monoisotopic (exact) mass is 416 g/mol. The van der Waals surface area contributed by atoms with Crippen LogP contribution >= 0.6 is 11.6 Å². The smallest absolute Gasteiger partial charge is 0.263 e. The Morgan fingerprint density at radius 1 is 1.10 bits per heavy atom. The van der Waals surface area contributed by atoms with E-state index in [1.165, 1.54) is 5.56 Å². The lowest BCUT2D eigenvalue weighted by Crippen LogP contribution is -2.52. The number of para-hydroxylation sites is 1. The summed E-state index contributed by atoms with van der Waals surface area (Å²) in [5, 5.41) is 0.521. The highest BCUT2D eigenvalue weighted by atomic mass is 35.5. The summed E-state index contributed by atoms with van der Waals surface area (Å²) in [4.78, 5) is 17.2. The maximum atomic E-state index is 12.9. The molecule has 0 bridgehead atoms. The van der Waals surface area contributed by atoms with Crippen molar-refractivity contribution in [3.63, 3.8) is 0 Å². The Morgan fingerprint density at radius 2 is 1.86 bits per heavy atom. The highest BCUT2D eigenvalue weighted by Crippen LogP contribution is 2.33. The van der Waals surface area contributed by atoms with Crippen LogP contribution in [0.1, 0.15) is 18.9 Å². The number of amides is 1. The van der Waals surface area contributed by atoms with Gasteiger partial charge in [-0.25, -0.2) is 0 Å². The average Bonchev–Trinajstić information content (AvgIpc) is 3.21. The fourth-order valence-corrected chi connectivity index (χ4v) is 3.81. The SMILES string of the molecule is CC[C@H](Oc1ccccc1Cl)C(=O)N1CCN(Cc2ccc3c(c2)OCO3)CC1. The van der Waals surface area contributed by atoms with Crippen LogP contribution in [0.2, 0.25) is 5.02 Å². The number of piperazine rings is 1. The van der Waals surface area contributed by atoms with Gasteiger partial charge in [0.1, 0.15) is 5.75 Å². The highest BCUT2D eigenvalue weighted by Gasteiger charge is 2.28. The van der Waals surface area contributed by atoms with Crippen LogP contribution in [0.5, 0.6) is 17.2 Å². The third kappa shape index (κ3) is 4.60. The van der Waals surface area contributed by atoms with Gasteiger partial charge in [-0.3, -0.25) is 9.69 Å². The van der Waals surface area contributed by atoms with Crippen molar-refractivity contribution in [1.82, 2.24) is 9.80 Å². The number of nitrogens with zero attached hydrogens (tertiary/aromatic N) is 2. The lowest BCUT2D eigenvalue weighted by Gasteiger charge is -2.36. The average molecular weight is 417 g/mol. The van der Waals surface area contributed by atoms with Crippen molar-refractivity contribution < 1.29 is 19.0 Å². The van der Waals surface area contributed by atoms with Crippen molar-refractivity contribution in [2.24, 2.45) is 0 Å². The van der Waals surface area contributed by atoms with Crippen LogP contribution in [0.25, 0.3) is 0 Å². The van der Waals surface area contributed by atoms with Gasteiger partial charge in [-0.05, 0) is 36.2 Å². The fourth-order valence-electron chi connectivity index (χ4n) is 3.63. The molecule has 29 heavy (non-hydrogen) atoms. The van der Waals surface area contributed by atoms with Crippen molar-refractivity contribution in [2.45, 2.75) is 26.0 Å². The molecule has 6 nitrogen and oxygen atoms in total. The first-order valence-electron chi connectivity index (χ1n) is 9.95. The minimum Gasteiger partial charge on any atom is -0.479 e. The van der Waals surface area contributed by atoms with E-state index in [1.54, 1.807) is 12.1 Å². The zero-order valence-corrected chi connectivity index (χ0v) is 17.2. The summed E-state index contributed by atoms with van der Waals surface area (Å²) in [6.45, 7) is 6.08. The quantitative estimate of drug-likeness (QED) is 0.720. The first-order chi connectivity index (χ1) is 14.1. The number of fused-ring (bicyclic) bond motifs is 1. The third-order valence-electron chi connectivity index (χ3n) is 5.28. The number of hydrogen-bond acceptors (Lipinski definition) is 5. The van der Waals surface area contributed by atoms with Crippen LogP contribution in [0, 0.1) is 0 Å². The molecule has 0 radical (unpaired) electrons. The van der Waals surface area contributed by atoms with Crippen LogP contribution < -0.4 is 14.2 Å². The molecule has 2 aromatic rings. The van der Waals surface area contributed by atoms with Gasteiger partial charge in [-0.2, -0.15) is 0 Å². The maximum absolute atomic E-state index is 12.9. The molecule has 2 aliphatic heterocycles. The predicted octanol–water partition coefficient (Wildman–Crippen LogP) is 3.57. The standard InChI is InChI=1S/C22H25ClN2O4/c1-2-18(29-19-6-4-3-5-17(19)23)22(26)25-11-9-24(10-12-25)14-16-7-8-20-21(13-16)28-15-27-20/h3-8,13,18H,2,9-12,14-15H2,1H3/t18-/m0/s1. The van der Waals surface area contributed by atoms with Gasteiger partial charge >= 0.3 is 0 Å². The zero-order chi connectivity index (χ0) is 20.2. The lowest BCUT2D eigenvalue weighted by atomic mass is 10.1. The molecule has 0 N–H and O–H groups in total. The first-order valence-corrected chi connectivity index (χ1v) is 10.3. The molecule has 2 aliphatic rings. The Labute approximate surface area is 175 Å². The molecule has 1 saturated heterocycles. The van der Waals surface area contributed by atoms with Crippen molar-refractivity contribution in [1.29, 1.82) is 0 Å². The minimum absolute atomic E-state index is 0.0233. The molecule has 0 spiro atoms. The van der Waals surface area contributed by atoms with Crippen molar-refractivity contribution in [3.05, 3.63) is 53.1 Å². The Kier molecular flexibility index (Phi) is 6.11. The first kappa shape index (κ1) is 19.9. The summed E-state index contributed by atoms with van der Waals surface area (Å²) in [6.07, 6.45) is 0.0804. The Bertz CT molecular complexity index is 868. The summed E-state index contributed by atoms with van der Waals surface area (Å²) in [6, 6.07) is 13.3. The second kappa shape index (κ2) is 8.93. The van der Waals surface area contributed by atoms with Crippen LogP contribution in [-0.4, -0.2) is 54.8 Å². The number of hydrogen-bond donors (Lipinski definition) is 0. The summed E-state index contributed by atoms with van der Waals surface area (Å²) in [7, 11) is 0. The molecule has 0 aliphatic carbocycles. The van der Waals surface area contributed by atoms with E-state index in [9.17, 15) is 4.79 Å². The van der Waals surface area contributed by atoms with E-state index in [0.29, 0.717) is 30.3 Å². The molecule has 154 valence electrons. The summed E-state index contributed by atoms with van der Waals surface area (Å²) < 4.78 is 16.7. The van der Waals surface area contributed by atoms with Gasteiger partial charge in [0.25, 0.3) is 5.91 Å². The topological polar surface area (TPSA) is 51.2 Å². The number of benzene rings is 2. The predicted molar refractivity (Wildman–Crippen MR) is 111 cm³/mol. The van der Waals surface area contributed by atoms with Crippen LogP contribution in [-0.2, 0) is 11.3 Å². The van der Waals surface area contributed by atoms with E-state index in [2.05, 4.69) is 11.0 Å². The molecule has 1 atom stereocenters. The van der Waals surface area contributed by atoms with E-state index in [1.807, 2.05) is 36.1 Å². The van der Waals surface area contributed by atoms with E-state index >= 15 is 0 Å². The molecule has 2 aromatic carbocycles. The van der Waals surface area contributed by atoms with Crippen LogP contribution in [0.4, 0.5) is 0 Å². The Balaban J connectivity index is 1.31. The van der Waals surface area contributed by atoms with Gasteiger partial charge in [0.2, 0.25) is 6.79 Å². The van der Waals surface area contributed by atoms with Gasteiger partial charge in [0, 0.05) is 32.7 Å². The zero-order valence-electron chi connectivity index (χ0n) is 16.5. The molecule has 4 rings (SSSR count). The number of rotatable bonds is 6. The molecule has 0 unspecified atom stereocenters. The molecule has 1 fully saturated rings. The fraction of sp³-hybridized carbons (Fsp3) is 0.409. The van der Waals surface area contributed by atoms with E-state index < -0.39 is 6.10 Å². The number of halogens is 1. The molecule has 0 aromatic heterocycles. The van der Waals surface area contributed by atoms with E-state index in [4.69, 9.17) is 25.8 Å². The van der Waals surface area contributed by atoms with Crippen molar-refractivity contribution in [3.8, 4) is 17.2 Å². The number of carbonyl (C=O) groups excluding carboxylic acids is 1. The molecule has 1 amide bonds. The number of ether oxygens (including phenoxy) is 3. The third-order valence-corrected chi connectivity index (χ3v) is 5.59.